The number of carbonyl (C=O) groups is 1. The number of benzene rings is 2. The van der Waals surface area contributed by atoms with Gasteiger partial charge in [0.05, 0.1) is 34.0 Å². The van der Waals surface area contributed by atoms with E-state index in [4.69, 9.17) is 18.9 Å². The second-order valence-electron chi connectivity index (χ2n) is 7.63. The Kier molecular flexibility index (Phi) is 5.54. The van der Waals surface area contributed by atoms with Crippen molar-refractivity contribution in [2.75, 3.05) is 28.4 Å². The van der Waals surface area contributed by atoms with Crippen molar-refractivity contribution in [3.63, 3.8) is 0 Å². The van der Waals surface area contributed by atoms with Gasteiger partial charge in [0.15, 0.2) is 5.78 Å². The average Bonchev–Trinajstić information content (AvgIpc) is 2.81. The number of ketones is 1. The lowest BCUT2D eigenvalue weighted by atomic mass is 9.69. The number of fused-ring (bicyclic) bond motifs is 1. The van der Waals surface area contributed by atoms with E-state index in [1.807, 2.05) is 24.3 Å². The van der Waals surface area contributed by atoms with Crippen molar-refractivity contribution in [3.05, 3.63) is 47.0 Å². The van der Waals surface area contributed by atoms with Gasteiger partial charge >= 0.3 is 0 Å². The number of methoxy groups -OCH3 is 4. The van der Waals surface area contributed by atoms with E-state index >= 15 is 0 Å². The third-order valence-electron chi connectivity index (χ3n) is 5.81. The van der Waals surface area contributed by atoms with Gasteiger partial charge in [-0.1, -0.05) is 13.8 Å². The third kappa shape index (κ3) is 3.41. The first kappa shape index (κ1) is 20.1. The summed E-state index contributed by atoms with van der Waals surface area (Å²) in [4.78, 5) is 13.0. The van der Waals surface area contributed by atoms with E-state index in [0.717, 1.165) is 29.0 Å². The van der Waals surface area contributed by atoms with Crippen LogP contribution >= 0.6 is 0 Å². The lowest BCUT2D eigenvalue weighted by Crippen LogP contribution is -2.27. The number of carbonyl (C=O) groups excluding carboxylic acids is 1. The molecule has 2 aromatic carbocycles. The molecule has 0 heterocycles. The zero-order chi connectivity index (χ0) is 20.5. The number of Topliss-reactive ketones (excluding diaryl/α,β-unsaturated/α-hetero) is 1. The molecule has 0 bridgehead atoms. The molecule has 2 aromatic rings. The maximum Gasteiger partial charge on any atom is 0.166 e. The highest BCUT2D eigenvalue weighted by molar-refractivity contribution is 6.01. The van der Waals surface area contributed by atoms with Crippen LogP contribution in [-0.4, -0.2) is 34.2 Å². The van der Waals surface area contributed by atoms with Gasteiger partial charge < -0.3 is 18.9 Å². The van der Waals surface area contributed by atoms with Crippen molar-refractivity contribution < 1.29 is 23.7 Å². The van der Waals surface area contributed by atoms with Crippen LogP contribution in [0.4, 0.5) is 0 Å². The molecular formula is C23H28O5. The van der Waals surface area contributed by atoms with Crippen molar-refractivity contribution in [3.8, 4) is 23.0 Å². The summed E-state index contributed by atoms with van der Waals surface area (Å²) in [6, 6.07) is 9.66. The van der Waals surface area contributed by atoms with Gasteiger partial charge in [0.25, 0.3) is 0 Å². The van der Waals surface area contributed by atoms with E-state index in [1.54, 1.807) is 34.5 Å². The molecule has 1 atom stereocenters. The fourth-order valence-corrected chi connectivity index (χ4v) is 4.23. The van der Waals surface area contributed by atoms with E-state index in [2.05, 4.69) is 13.8 Å². The monoisotopic (exact) mass is 384 g/mol. The molecule has 0 saturated carbocycles. The Morgan fingerprint density at radius 2 is 1.39 bits per heavy atom. The molecule has 1 unspecified atom stereocenters. The second-order valence-corrected chi connectivity index (χ2v) is 7.63. The largest absolute Gasteiger partial charge is 0.497 e. The van der Waals surface area contributed by atoms with Crippen LogP contribution in [0.2, 0.25) is 0 Å². The summed E-state index contributed by atoms with van der Waals surface area (Å²) in [5.41, 5.74) is 2.35. The fraction of sp³-hybridized carbons (Fsp3) is 0.435. The first-order valence-electron chi connectivity index (χ1n) is 9.38. The topological polar surface area (TPSA) is 54.0 Å². The van der Waals surface area contributed by atoms with E-state index in [0.29, 0.717) is 23.5 Å². The highest BCUT2D eigenvalue weighted by atomic mass is 16.5. The van der Waals surface area contributed by atoms with Gasteiger partial charge in [0.2, 0.25) is 0 Å². The normalized spacial score (nSPS) is 18.1. The zero-order valence-corrected chi connectivity index (χ0v) is 17.4. The molecule has 0 spiro atoms. The first-order chi connectivity index (χ1) is 13.3. The molecule has 0 amide bonds. The Balaban J connectivity index is 2.22. The molecule has 5 heteroatoms. The van der Waals surface area contributed by atoms with Gasteiger partial charge in [-0.25, -0.2) is 0 Å². The maximum atomic E-state index is 13.0. The Morgan fingerprint density at radius 3 is 1.93 bits per heavy atom. The molecule has 28 heavy (non-hydrogen) atoms. The quantitative estimate of drug-likeness (QED) is 0.696. The summed E-state index contributed by atoms with van der Waals surface area (Å²) < 4.78 is 22.0. The smallest absolute Gasteiger partial charge is 0.166 e. The van der Waals surface area contributed by atoms with E-state index in [1.165, 1.54) is 0 Å². The summed E-state index contributed by atoms with van der Waals surface area (Å²) in [6.07, 6.45) is 1.17. The van der Waals surface area contributed by atoms with Crippen LogP contribution in [0.1, 0.15) is 54.1 Å². The predicted molar refractivity (Wildman–Crippen MR) is 108 cm³/mol. The molecule has 0 N–H and O–H groups in total. The highest BCUT2D eigenvalue weighted by Crippen LogP contribution is 2.49. The molecule has 5 nitrogen and oxygen atoms in total. The standard InChI is InChI=1S/C23H28O5/c1-23(2)18(14-9-15(25-3)11-16(10-14)26-4)7-8-20(24)22-19(23)12-17(27-5)13-21(22)28-6/h9-13,18H,7-8H2,1-6H3. The third-order valence-corrected chi connectivity index (χ3v) is 5.81. The minimum atomic E-state index is -0.333. The lowest BCUT2D eigenvalue weighted by molar-refractivity contribution is 0.0977. The van der Waals surface area contributed by atoms with Crippen molar-refractivity contribution in [2.45, 2.75) is 38.0 Å². The van der Waals surface area contributed by atoms with Gasteiger partial charge in [-0.05, 0) is 47.1 Å². The van der Waals surface area contributed by atoms with Crippen LogP contribution in [0, 0.1) is 0 Å². The van der Waals surface area contributed by atoms with Crippen molar-refractivity contribution in [2.24, 2.45) is 0 Å². The minimum absolute atomic E-state index is 0.0958. The Morgan fingerprint density at radius 1 is 0.821 bits per heavy atom. The van der Waals surface area contributed by atoms with Crippen LogP contribution in [0.5, 0.6) is 23.0 Å². The maximum absolute atomic E-state index is 13.0. The van der Waals surface area contributed by atoms with Crippen LogP contribution in [0.25, 0.3) is 0 Å². The fourth-order valence-electron chi connectivity index (χ4n) is 4.23. The molecule has 0 fully saturated rings. The minimum Gasteiger partial charge on any atom is -0.497 e. The van der Waals surface area contributed by atoms with Crippen molar-refractivity contribution in [1.82, 2.24) is 0 Å². The number of ether oxygens (including phenoxy) is 4. The van der Waals surface area contributed by atoms with E-state index < -0.39 is 0 Å². The van der Waals surface area contributed by atoms with E-state index in [-0.39, 0.29) is 17.1 Å². The molecule has 0 radical (unpaired) electrons. The van der Waals surface area contributed by atoms with Crippen LogP contribution in [-0.2, 0) is 5.41 Å². The van der Waals surface area contributed by atoms with Crippen LogP contribution < -0.4 is 18.9 Å². The van der Waals surface area contributed by atoms with Gasteiger partial charge in [-0.2, -0.15) is 0 Å². The molecule has 150 valence electrons. The average molecular weight is 384 g/mol. The Hall–Kier alpha value is -2.69. The van der Waals surface area contributed by atoms with Crippen LogP contribution in [0.15, 0.2) is 30.3 Å². The summed E-state index contributed by atoms with van der Waals surface area (Å²) >= 11 is 0. The Labute approximate surface area is 166 Å². The molecule has 1 aliphatic carbocycles. The lowest BCUT2D eigenvalue weighted by Gasteiger charge is -2.35. The highest BCUT2D eigenvalue weighted by Gasteiger charge is 2.40. The summed E-state index contributed by atoms with van der Waals surface area (Å²) in [7, 11) is 6.50. The zero-order valence-electron chi connectivity index (χ0n) is 17.4. The van der Waals surface area contributed by atoms with Crippen molar-refractivity contribution in [1.29, 1.82) is 0 Å². The van der Waals surface area contributed by atoms with Gasteiger partial charge in [-0.15, -0.1) is 0 Å². The summed E-state index contributed by atoms with van der Waals surface area (Å²) in [6.45, 7) is 4.33. The number of hydrogen-bond acceptors (Lipinski definition) is 5. The molecule has 3 rings (SSSR count). The number of hydrogen-bond donors (Lipinski definition) is 0. The summed E-state index contributed by atoms with van der Waals surface area (Å²) in [5.74, 6) is 2.92. The van der Waals surface area contributed by atoms with Gasteiger partial charge in [0.1, 0.15) is 23.0 Å². The SMILES string of the molecule is COc1cc(OC)cc(C2CCC(=O)c3c(OC)cc(OC)cc3C2(C)C)c1. The summed E-state index contributed by atoms with van der Waals surface area (Å²) in [5, 5.41) is 0. The molecular weight excluding hydrogens is 356 g/mol. The molecule has 0 aromatic heterocycles. The second kappa shape index (κ2) is 7.74. The molecule has 0 saturated heterocycles. The number of rotatable bonds is 5. The van der Waals surface area contributed by atoms with Gasteiger partial charge in [0, 0.05) is 18.6 Å². The first-order valence-corrected chi connectivity index (χ1v) is 9.38. The molecule has 1 aliphatic rings. The molecule has 0 aliphatic heterocycles. The Bertz CT molecular complexity index is 863. The van der Waals surface area contributed by atoms with Crippen molar-refractivity contribution >= 4 is 5.78 Å². The van der Waals surface area contributed by atoms with E-state index in [9.17, 15) is 4.79 Å². The van der Waals surface area contributed by atoms with Gasteiger partial charge in [-0.3, -0.25) is 4.79 Å². The predicted octanol–water partition coefficient (Wildman–Crippen LogP) is 4.76. The van der Waals surface area contributed by atoms with Crippen LogP contribution in [0.3, 0.4) is 0 Å².